The van der Waals surface area contributed by atoms with Gasteiger partial charge in [-0.15, -0.1) is 0 Å². The number of carbonyl (C=O) groups is 2. The van der Waals surface area contributed by atoms with E-state index in [0.717, 1.165) is 16.7 Å². The summed E-state index contributed by atoms with van der Waals surface area (Å²) in [6, 6.07) is 20.2. The van der Waals surface area contributed by atoms with Crippen molar-refractivity contribution in [3.8, 4) is 0 Å². The maximum atomic E-state index is 13.2. The standard InChI is InChI=1S/C26H26ClN3O4S/c27-21-9-6-18(7-10-21)14-15-28-26(32)24(16-19-4-2-1-3-5-19)30-35(33,34)22-11-12-23-20(17-22)8-13-25(31)29-23/h1-7,9-12,17,24,30H,8,13-16H2,(H,28,32)(H,29,31)/t24-/m0/s1. The minimum absolute atomic E-state index is 0.0550. The highest BCUT2D eigenvalue weighted by Gasteiger charge is 2.27. The quantitative estimate of drug-likeness (QED) is 0.409. The topological polar surface area (TPSA) is 104 Å². The molecular formula is C26H26ClN3O4S. The van der Waals surface area contributed by atoms with E-state index < -0.39 is 22.0 Å². The highest BCUT2D eigenvalue weighted by atomic mass is 35.5. The van der Waals surface area contributed by atoms with Gasteiger partial charge in [-0.05, 0) is 66.3 Å². The molecule has 0 radical (unpaired) electrons. The van der Waals surface area contributed by atoms with Crippen LogP contribution in [0.5, 0.6) is 0 Å². The number of aryl methyl sites for hydroxylation is 1. The van der Waals surface area contributed by atoms with Crippen LogP contribution in [-0.2, 0) is 38.9 Å². The van der Waals surface area contributed by atoms with Gasteiger partial charge in [0.2, 0.25) is 21.8 Å². The molecule has 3 aromatic rings. The fraction of sp³-hybridized carbons (Fsp3) is 0.231. The van der Waals surface area contributed by atoms with Crippen LogP contribution in [0, 0.1) is 0 Å². The number of sulfonamides is 1. The third-order valence-corrected chi connectivity index (χ3v) is 7.53. The molecule has 0 saturated heterocycles. The molecule has 3 aromatic carbocycles. The summed E-state index contributed by atoms with van der Waals surface area (Å²) in [4.78, 5) is 24.7. The van der Waals surface area contributed by atoms with E-state index in [-0.39, 0.29) is 17.2 Å². The number of hydrogen-bond donors (Lipinski definition) is 3. The molecule has 0 aromatic heterocycles. The number of hydrogen-bond acceptors (Lipinski definition) is 4. The number of anilines is 1. The largest absolute Gasteiger partial charge is 0.354 e. The van der Waals surface area contributed by atoms with E-state index in [1.165, 1.54) is 6.07 Å². The van der Waals surface area contributed by atoms with Gasteiger partial charge in [0, 0.05) is 23.7 Å². The maximum absolute atomic E-state index is 13.2. The predicted molar refractivity (Wildman–Crippen MR) is 136 cm³/mol. The van der Waals surface area contributed by atoms with E-state index in [2.05, 4.69) is 15.4 Å². The number of amides is 2. The molecule has 3 N–H and O–H groups in total. The average molecular weight is 512 g/mol. The highest BCUT2D eigenvalue weighted by molar-refractivity contribution is 7.89. The molecule has 1 atom stereocenters. The van der Waals surface area contributed by atoms with E-state index in [1.807, 2.05) is 42.5 Å². The van der Waals surface area contributed by atoms with E-state index in [0.29, 0.717) is 36.5 Å². The fourth-order valence-electron chi connectivity index (χ4n) is 3.92. The van der Waals surface area contributed by atoms with Gasteiger partial charge in [0.25, 0.3) is 0 Å². The third-order valence-electron chi connectivity index (χ3n) is 5.81. The zero-order valence-corrected chi connectivity index (χ0v) is 20.5. The van der Waals surface area contributed by atoms with Gasteiger partial charge in [0.1, 0.15) is 6.04 Å². The second-order valence-corrected chi connectivity index (χ2v) is 10.5. The Kier molecular flexibility index (Phi) is 7.85. The molecule has 0 saturated carbocycles. The van der Waals surface area contributed by atoms with E-state index >= 15 is 0 Å². The van der Waals surface area contributed by atoms with Crippen LogP contribution >= 0.6 is 11.6 Å². The predicted octanol–water partition coefficient (Wildman–Crippen LogP) is 3.47. The van der Waals surface area contributed by atoms with Crippen molar-refractivity contribution in [2.75, 3.05) is 11.9 Å². The van der Waals surface area contributed by atoms with Crippen LogP contribution in [0.4, 0.5) is 5.69 Å². The molecular weight excluding hydrogens is 486 g/mol. The Balaban J connectivity index is 1.49. The summed E-state index contributed by atoms with van der Waals surface area (Å²) in [5, 5.41) is 6.23. The van der Waals surface area contributed by atoms with Gasteiger partial charge < -0.3 is 10.6 Å². The number of benzene rings is 3. The summed E-state index contributed by atoms with van der Waals surface area (Å²) < 4.78 is 29.0. The average Bonchev–Trinajstić information content (AvgIpc) is 2.85. The Hall–Kier alpha value is -3.20. The van der Waals surface area contributed by atoms with Gasteiger partial charge in [0.05, 0.1) is 4.90 Å². The molecule has 0 spiro atoms. The van der Waals surface area contributed by atoms with E-state index in [9.17, 15) is 18.0 Å². The van der Waals surface area contributed by atoms with Crippen molar-refractivity contribution < 1.29 is 18.0 Å². The van der Waals surface area contributed by atoms with Gasteiger partial charge in [0.15, 0.2) is 0 Å². The molecule has 2 amide bonds. The van der Waals surface area contributed by atoms with Gasteiger partial charge in [-0.25, -0.2) is 8.42 Å². The zero-order valence-electron chi connectivity index (χ0n) is 19.0. The normalized spacial score (nSPS) is 14.0. The lowest BCUT2D eigenvalue weighted by molar-refractivity contribution is -0.122. The lowest BCUT2D eigenvalue weighted by atomic mass is 10.0. The Bertz CT molecular complexity index is 1310. The minimum atomic E-state index is -3.99. The molecule has 7 nitrogen and oxygen atoms in total. The van der Waals surface area contributed by atoms with Crippen LogP contribution in [0.15, 0.2) is 77.7 Å². The first-order chi connectivity index (χ1) is 16.8. The third kappa shape index (κ3) is 6.69. The van der Waals surface area contributed by atoms with Crippen LogP contribution in [0.2, 0.25) is 5.02 Å². The van der Waals surface area contributed by atoms with Gasteiger partial charge in [-0.3, -0.25) is 9.59 Å². The molecule has 0 unspecified atom stereocenters. The van der Waals surface area contributed by atoms with Crippen LogP contribution in [-0.4, -0.2) is 32.8 Å². The van der Waals surface area contributed by atoms with Gasteiger partial charge >= 0.3 is 0 Å². The van der Waals surface area contributed by atoms with Gasteiger partial charge in [-0.1, -0.05) is 54.1 Å². The Morgan fingerprint density at radius 1 is 0.971 bits per heavy atom. The first-order valence-corrected chi connectivity index (χ1v) is 13.2. The number of halogens is 1. The Morgan fingerprint density at radius 2 is 1.71 bits per heavy atom. The summed E-state index contributed by atoms with van der Waals surface area (Å²) in [7, 11) is -3.99. The maximum Gasteiger partial charge on any atom is 0.241 e. The van der Waals surface area contributed by atoms with E-state index in [4.69, 9.17) is 11.6 Å². The first-order valence-electron chi connectivity index (χ1n) is 11.3. The second kappa shape index (κ2) is 11.0. The number of fused-ring (bicyclic) bond motifs is 1. The smallest absolute Gasteiger partial charge is 0.241 e. The summed E-state index contributed by atoms with van der Waals surface area (Å²) in [5.41, 5.74) is 3.21. The Morgan fingerprint density at radius 3 is 2.46 bits per heavy atom. The summed E-state index contributed by atoms with van der Waals surface area (Å²) in [6.07, 6.45) is 1.55. The number of rotatable bonds is 9. The first kappa shape index (κ1) is 24.9. The summed E-state index contributed by atoms with van der Waals surface area (Å²) >= 11 is 5.92. The molecule has 1 aliphatic rings. The molecule has 9 heteroatoms. The van der Waals surface area contributed by atoms with Crippen molar-refractivity contribution in [2.45, 2.75) is 36.6 Å². The summed E-state index contributed by atoms with van der Waals surface area (Å²) in [5.74, 6) is -0.499. The lowest BCUT2D eigenvalue weighted by Crippen LogP contribution is -2.48. The molecule has 182 valence electrons. The number of nitrogens with one attached hydrogen (secondary N) is 3. The van der Waals surface area contributed by atoms with Crippen LogP contribution < -0.4 is 15.4 Å². The highest BCUT2D eigenvalue weighted by Crippen LogP contribution is 2.25. The summed E-state index contributed by atoms with van der Waals surface area (Å²) in [6.45, 7) is 0.353. The van der Waals surface area contributed by atoms with Crippen molar-refractivity contribution in [3.63, 3.8) is 0 Å². The SMILES string of the molecule is O=C1CCc2cc(S(=O)(=O)N[C@@H](Cc3ccccc3)C(=O)NCCc3ccc(Cl)cc3)ccc2N1. The zero-order chi connectivity index (χ0) is 24.8. The van der Waals surface area contributed by atoms with Crippen LogP contribution in [0.3, 0.4) is 0 Å². The lowest BCUT2D eigenvalue weighted by Gasteiger charge is -2.21. The van der Waals surface area contributed by atoms with Crippen LogP contribution in [0.25, 0.3) is 0 Å². The molecule has 0 aliphatic carbocycles. The van der Waals surface area contributed by atoms with E-state index in [1.54, 1.807) is 24.3 Å². The molecule has 4 rings (SSSR count). The fourth-order valence-corrected chi connectivity index (χ4v) is 5.30. The van der Waals surface area contributed by atoms with Crippen molar-refractivity contribution >= 4 is 39.1 Å². The van der Waals surface area contributed by atoms with Crippen molar-refractivity contribution in [1.29, 1.82) is 0 Å². The molecule has 0 bridgehead atoms. The monoisotopic (exact) mass is 511 g/mol. The van der Waals surface area contributed by atoms with Crippen LogP contribution in [0.1, 0.15) is 23.1 Å². The molecule has 1 aliphatic heterocycles. The van der Waals surface area contributed by atoms with Crippen molar-refractivity contribution in [1.82, 2.24) is 10.0 Å². The minimum Gasteiger partial charge on any atom is -0.354 e. The van der Waals surface area contributed by atoms with Crippen molar-refractivity contribution in [3.05, 3.63) is 94.5 Å². The number of carbonyl (C=O) groups excluding carboxylic acids is 2. The van der Waals surface area contributed by atoms with Gasteiger partial charge in [-0.2, -0.15) is 4.72 Å². The molecule has 0 fully saturated rings. The molecule has 1 heterocycles. The Labute approximate surface area is 209 Å². The van der Waals surface area contributed by atoms with Crippen molar-refractivity contribution in [2.24, 2.45) is 0 Å². The second-order valence-electron chi connectivity index (χ2n) is 8.40. The molecule has 35 heavy (non-hydrogen) atoms.